The number of amides is 1. The predicted octanol–water partition coefficient (Wildman–Crippen LogP) is 4.49. The number of thiophene rings is 1. The minimum Gasteiger partial charge on any atom is -0.348 e. The van der Waals surface area contributed by atoms with Gasteiger partial charge >= 0.3 is 0 Å². The van der Waals surface area contributed by atoms with Gasteiger partial charge in [-0.05, 0) is 49.6 Å². The van der Waals surface area contributed by atoms with Crippen molar-refractivity contribution >= 4 is 66.5 Å². The molecule has 2 aromatic rings. The highest BCUT2D eigenvalue weighted by molar-refractivity contribution is 9.12. The van der Waals surface area contributed by atoms with Crippen molar-refractivity contribution < 1.29 is 9.59 Å². The zero-order valence-electron chi connectivity index (χ0n) is 15.6. The van der Waals surface area contributed by atoms with Gasteiger partial charge in [-0.25, -0.2) is 0 Å². The number of carbonyl (C=O) groups is 2. The molecule has 1 atom stereocenters. The standard InChI is InChI=1S/C20H20Br2ClN3O2S/c21-19-17-14(9-15(27)18(17)20(22)29-19)24-16(28)11-26-7-5-25(6-8-26)10-12-1-3-13(23)4-2-12/h1-4,14H,5-11H2,(H,24,28). The summed E-state index contributed by atoms with van der Waals surface area (Å²) in [7, 11) is 0. The van der Waals surface area contributed by atoms with Crippen molar-refractivity contribution in [3.05, 3.63) is 53.6 Å². The lowest BCUT2D eigenvalue weighted by Crippen LogP contribution is -2.49. The van der Waals surface area contributed by atoms with Crippen molar-refractivity contribution in [3.63, 3.8) is 0 Å². The number of fused-ring (bicyclic) bond motifs is 1. The molecule has 1 aromatic heterocycles. The van der Waals surface area contributed by atoms with Gasteiger partial charge in [-0.2, -0.15) is 0 Å². The first-order valence-corrected chi connectivity index (χ1v) is 12.2. The maximum atomic E-state index is 12.6. The van der Waals surface area contributed by atoms with Crippen LogP contribution < -0.4 is 5.32 Å². The summed E-state index contributed by atoms with van der Waals surface area (Å²) in [6.07, 6.45) is 0.329. The van der Waals surface area contributed by atoms with Crippen LogP contribution in [-0.4, -0.2) is 54.2 Å². The first-order chi connectivity index (χ1) is 13.9. The van der Waals surface area contributed by atoms with Crippen LogP contribution in [0.1, 0.15) is 33.9 Å². The number of hydrogen-bond acceptors (Lipinski definition) is 5. The van der Waals surface area contributed by atoms with Gasteiger partial charge in [0.05, 0.1) is 20.2 Å². The Balaban J connectivity index is 1.27. The fraction of sp³-hybridized carbons (Fsp3) is 0.400. The van der Waals surface area contributed by atoms with Crippen molar-refractivity contribution in [2.24, 2.45) is 0 Å². The molecule has 1 saturated heterocycles. The molecule has 2 heterocycles. The first kappa shape index (κ1) is 21.5. The second kappa shape index (κ2) is 9.16. The molecule has 1 aliphatic heterocycles. The minimum atomic E-state index is -0.242. The van der Waals surface area contributed by atoms with Gasteiger partial charge in [0.15, 0.2) is 5.78 Å². The molecule has 0 bridgehead atoms. The summed E-state index contributed by atoms with van der Waals surface area (Å²) >= 11 is 14.4. The molecule has 1 fully saturated rings. The molecule has 1 N–H and O–H groups in total. The van der Waals surface area contributed by atoms with Gasteiger partial charge in [0.2, 0.25) is 5.91 Å². The fourth-order valence-corrected chi connectivity index (χ4v) is 7.36. The Bertz CT molecular complexity index is 927. The highest BCUT2D eigenvalue weighted by atomic mass is 79.9. The van der Waals surface area contributed by atoms with Gasteiger partial charge in [-0.1, -0.05) is 23.7 Å². The van der Waals surface area contributed by atoms with Crippen molar-refractivity contribution in [2.75, 3.05) is 32.7 Å². The molecular formula is C20H20Br2ClN3O2S. The van der Waals surface area contributed by atoms with Gasteiger partial charge < -0.3 is 5.32 Å². The summed E-state index contributed by atoms with van der Waals surface area (Å²) in [6, 6.07) is 7.70. The second-order valence-electron chi connectivity index (χ2n) is 7.36. The quantitative estimate of drug-likeness (QED) is 0.585. The molecule has 4 rings (SSSR count). The molecule has 1 aromatic carbocycles. The van der Waals surface area contributed by atoms with Crippen molar-refractivity contribution in [1.82, 2.24) is 15.1 Å². The molecule has 0 spiro atoms. The third-order valence-electron chi connectivity index (χ3n) is 5.36. The van der Waals surface area contributed by atoms with E-state index in [4.69, 9.17) is 11.6 Å². The van der Waals surface area contributed by atoms with E-state index in [1.54, 1.807) is 0 Å². The first-order valence-electron chi connectivity index (χ1n) is 9.40. The summed E-state index contributed by atoms with van der Waals surface area (Å²) in [5, 5.41) is 3.80. The Morgan fingerprint density at radius 3 is 2.45 bits per heavy atom. The molecule has 0 radical (unpaired) electrons. The third kappa shape index (κ3) is 4.94. The lowest BCUT2D eigenvalue weighted by atomic mass is 10.2. The van der Waals surface area contributed by atoms with E-state index in [9.17, 15) is 9.59 Å². The molecule has 9 heteroatoms. The van der Waals surface area contributed by atoms with Crippen LogP contribution in [0.15, 0.2) is 31.8 Å². The van der Waals surface area contributed by atoms with Crippen LogP contribution in [0.4, 0.5) is 0 Å². The number of ketones is 1. The third-order valence-corrected chi connectivity index (χ3v) is 8.19. The molecule has 29 heavy (non-hydrogen) atoms. The number of benzene rings is 1. The molecular weight excluding hydrogens is 542 g/mol. The molecule has 1 amide bonds. The van der Waals surface area contributed by atoms with Crippen LogP contribution >= 0.6 is 54.8 Å². The van der Waals surface area contributed by atoms with Gasteiger partial charge in [-0.3, -0.25) is 19.4 Å². The monoisotopic (exact) mass is 559 g/mol. The maximum Gasteiger partial charge on any atom is 0.234 e. The fourth-order valence-electron chi connectivity index (χ4n) is 3.87. The smallest absolute Gasteiger partial charge is 0.234 e. The van der Waals surface area contributed by atoms with Crippen LogP contribution in [0.5, 0.6) is 0 Å². The van der Waals surface area contributed by atoms with Crippen LogP contribution in [-0.2, 0) is 11.3 Å². The predicted molar refractivity (Wildman–Crippen MR) is 123 cm³/mol. The summed E-state index contributed by atoms with van der Waals surface area (Å²) in [5.74, 6) is 0.0472. The van der Waals surface area contributed by atoms with Crippen molar-refractivity contribution in [3.8, 4) is 0 Å². The van der Waals surface area contributed by atoms with Crippen LogP contribution in [0.3, 0.4) is 0 Å². The van der Waals surface area contributed by atoms with Gasteiger partial charge in [0, 0.05) is 55.3 Å². The van der Waals surface area contributed by atoms with E-state index in [2.05, 4.69) is 59.1 Å². The lowest BCUT2D eigenvalue weighted by molar-refractivity contribution is -0.123. The highest BCUT2D eigenvalue weighted by Gasteiger charge is 2.36. The zero-order chi connectivity index (χ0) is 20.5. The van der Waals surface area contributed by atoms with Crippen LogP contribution in [0.2, 0.25) is 5.02 Å². The number of piperazine rings is 1. The average Bonchev–Trinajstić information content (AvgIpc) is 3.16. The molecule has 0 saturated carbocycles. The second-order valence-corrected chi connectivity index (χ2v) is 11.5. The summed E-state index contributed by atoms with van der Waals surface area (Å²) in [5.41, 5.74) is 2.87. The topological polar surface area (TPSA) is 52.7 Å². The Kier molecular flexibility index (Phi) is 6.78. The Hall–Kier alpha value is -0.770. The van der Waals surface area contributed by atoms with E-state index >= 15 is 0 Å². The van der Waals surface area contributed by atoms with Gasteiger partial charge in [0.1, 0.15) is 0 Å². The number of halogens is 3. The van der Waals surface area contributed by atoms with Crippen molar-refractivity contribution in [1.29, 1.82) is 0 Å². The molecule has 2 aliphatic rings. The summed E-state index contributed by atoms with van der Waals surface area (Å²) in [4.78, 5) is 29.4. The van der Waals surface area contributed by atoms with Gasteiger partial charge in [0.25, 0.3) is 0 Å². The molecule has 1 aliphatic carbocycles. The number of hydrogen-bond donors (Lipinski definition) is 1. The van der Waals surface area contributed by atoms with E-state index in [1.165, 1.54) is 16.9 Å². The average molecular weight is 562 g/mol. The minimum absolute atomic E-state index is 0.0315. The Labute approximate surface area is 195 Å². The van der Waals surface area contributed by atoms with Crippen LogP contribution in [0.25, 0.3) is 0 Å². The SMILES string of the molecule is O=C(CN1CCN(Cc2ccc(Cl)cc2)CC1)NC1CC(=O)c2c(Br)sc(Br)c21. The largest absolute Gasteiger partial charge is 0.348 e. The van der Waals surface area contributed by atoms with E-state index in [0.29, 0.717) is 18.5 Å². The molecule has 154 valence electrons. The Morgan fingerprint density at radius 1 is 1.10 bits per heavy atom. The number of carbonyl (C=O) groups excluding carboxylic acids is 2. The van der Waals surface area contributed by atoms with Crippen LogP contribution in [0, 0.1) is 0 Å². The number of Topliss-reactive ketones (excluding diaryl/α,β-unsaturated/α-hetero) is 1. The number of rotatable bonds is 5. The maximum absolute atomic E-state index is 12.6. The van der Waals surface area contributed by atoms with E-state index in [1.807, 2.05) is 12.1 Å². The summed E-state index contributed by atoms with van der Waals surface area (Å²) in [6.45, 7) is 4.80. The van der Waals surface area contributed by atoms with Gasteiger partial charge in [-0.15, -0.1) is 11.3 Å². The van der Waals surface area contributed by atoms with Crippen molar-refractivity contribution in [2.45, 2.75) is 19.0 Å². The summed E-state index contributed by atoms with van der Waals surface area (Å²) < 4.78 is 1.74. The zero-order valence-corrected chi connectivity index (χ0v) is 20.3. The number of nitrogens with zero attached hydrogens (tertiary/aromatic N) is 2. The molecule has 5 nitrogen and oxygen atoms in total. The molecule has 1 unspecified atom stereocenters. The van der Waals surface area contributed by atoms with E-state index < -0.39 is 0 Å². The lowest BCUT2D eigenvalue weighted by Gasteiger charge is -2.34. The highest BCUT2D eigenvalue weighted by Crippen LogP contribution is 2.46. The van der Waals surface area contributed by atoms with E-state index in [-0.39, 0.29) is 17.7 Å². The normalized spacial score (nSPS) is 20.1. The Morgan fingerprint density at radius 2 is 1.76 bits per heavy atom. The van der Waals surface area contributed by atoms with E-state index in [0.717, 1.165) is 50.9 Å². The number of nitrogens with one attached hydrogen (secondary N) is 1.